The Hall–Kier alpha value is -2.18. The minimum Gasteiger partial charge on any atom is -0.462 e. The third-order valence-corrected chi connectivity index (χ3v) is 12.4. The lowest BCUT2D eigenvalue weighted by Crippen LogP contribution is -2.46. The predicted octanol–water partition coefficient (Wildman–Crippen LogP) is 16.6. The molecule has 0 aromatic heterocycles. The van der Waals surface area contributed by atoms with Crippen molar-refractivity contribution in [3.63, 3.8) is 0 Å². The van der Waals surface area contributed by atoms with Crippen molar-refractivity contribution in [3.05, 3.63) is 48.6 Å². The van der Waals surface area contributed by atoms with Crippen LogP contribution < -0.4 is 5.32 Å². The molecule has 0 aliphatic rings. The molecular formula is C57H105NO5. The summed E-state index contributed by atoms with van der Waals surface area (Å²) in [6.45, 7) is 6.37. The number of esters is 1. The van der Waals surface area contributed by atoms with Crippen molar-refractivity contribution in [2.45, 2.75) is 296 Å². The molecule has 6 nitrogen and oxygen atoms in total. The van der Waals surface area contributed by atoms with E-state index in [1.807, 2.05) is 0 Å². The summed E-state index contributed by atoms with van der Waals surface area (Å²) < 4.78 is 5.94. The molecule has 6 heteroatoms. The van der Waals surface area contributed by atoms with Gasteiger partial charge in [0, 0.05) is 6.42 Å². The number of hydrogen-bond donors (Lipinski definition) is 3. The monoisotopic (exact) mass is 884 g/mol. The molecule has 0 aromatic rings. The maximum atomic E-state index is 13.2. The minimum absolute atomic E-state index is 0.0620. The second kappa shape index (κ2) is 50.8. The third kappa shape index (κ3) is 46.2. The average Bonchev–Trinajstić information content (AvgIpc) is 3.28. The van der Waals surface area contributed by atoms with Crippen LogP contribution in [-0.2, 0) is 14.3 Å². The van der Waals surface area contributed by atoms with Crippen LogP contribution in [0.1, 0.15) is 278 Å². The van der Waals surface area contributed by atoms with Crippen molar-refractivity contribution in [1.82, 2.24) is 5.32 Å². The number of rotatable bonds is 49. The second-order valence-corrected chi connectivity index (χ2v) is 18.6. The number of aliphatic hydroxyl groups excluding tert-OH is 2. The lowest BCUT2D eigenvalue weighted by Gasteiger charge is -2.24. The number of carbonyl (C=O) groups is 2. The van der Waals surface area contributed by atoms with E-state index in [9.17, 15) is 19.8 Å². The molecule has 0 fully saturated rings. The average molecular weight is 884 g/mol. The van der Waals surface area contributed by atoms with Crippen LogP contribution in [0.5, 0.6) is 0 Å². The summed E-state index contributed by atoms with van der Waals surface area (Å²) >= 11 is 0. The molecule has 0 radical (unpaired) electrons. The van der Waals surface area contributed by atoms with Crippen LogP contribution in [0.25, 0.3) is 0 Å². The van der Waals surface area contributed by atoms with Crippen LogP contribution in [0.2, 0.25) is 0 Å². The summed E-state index contributed by atoms with van der Waals surface area (Å²) in [5.41, 5.74) is 0. The second-order valence-electron chi connectivity index (χ2n) is 18.6. The van der Waals surface area contributed by atoms with Crippen LogP contribution in [0, 0.1) is 0 Å². The molecule has 0 aromatic carbocycles. The van der Waals surface area contributed by atoms with E-state index < -0.39 is 18.2 Å². The van der Waals surface area contributed by atoms with E-state index in [0.29, 0.717) is 19.3 Å². The van der Waals surface area contributed by atoms with E-state index in [2.05, 4.69) is 74.7 Å². The highest BCUT2D eigenvalue weighted by molar-refractivity contribution is 5.77. The van der Waals surface area contributed by atoms with Crippen molar-refractivity contribution < 1.29 is 24.5 Å². The van der Waals surface area contributed by atoms with E-state index >= 15 is 0 Å². The summed E-state index contributed by atoms with van der Waals surface area (Å²) in [6, 6.07) is -0.710. The maximum absolute atomic E-state index is 13.2. The number of carbonyl (C=O) groups excluding carboxylic acids is 2. The van der Waals surface area contributed by atoms with Gasteiger partial charge in [0.15, 0.2) is 0 Å². The highest BCUT2D eigenvalue weighted by Gasteiger charge is 2.24. The molecule has 63 heavy (non-hydrogen) atoms. The topological polar surface area (TPSA) is 95.9 Å². The molecule has 3 unspecified atom stereocenters. The van der Waals surface area contributed by atoms with Gasteiger partial charge in [0.2, 0.25) is 5.91 Å². The van der Waals surface area contributed by atoms with E-state index in [1.165, 1.54) is 141 Å². The summed E-state index contributed by atoms with van der Waals surface area (Å²) in [4.78, 5) is 26.2. The van der Waals surface area contributed by atoms with Crippen molar-refractivity contribution in [2.75, 3.05) is 6.61 Å². The molecule has 1 amide bonds. The standard InChI is InChI=1S/C57H105NO5/c1-4-7-10-13-16-19-22-25-28-31-34-37-40-43-46-49-55(60)54(52-59)58-56(61)51-53(48-45-42-39-36-33-30-27-24-21-18-15-12-9-6-3)63-57(62)50-47-44-41-38-35-32-29-26-23-20-17-14-11-8-5-2/h9,12,18,20-21,23,27,30,53-55,59-60H,4-8,10-11,13-17,19,22,24-26,28-29,31-52H2,1-3H3,(H,58,61)/b12-9+,21-18+,23-20-,30-27+. The van der Waals surface area contributed by atoms with Gasteiger partial charge >= 0.3 is 5.97 Å². The predicted molar refractivity (Wildman–Crippen MR) is 273 cm³/mol. The molecule has 0 saturated heterocycles. The fraction of sp³-hybridized carbons (Fsp3) is 0.825. The van der Waals surface area contributed by atoms with Gasteiger partial charge in [-0.25, -0.2) is 0 Å². The highest BCUT2D eigenvalue weighted by atomic mass is 16.5. The molecule has 0 rings (SSSR count). The first-order chi connectivity index (χ1) is 31.0. The maximum Gasteiger partial charge on any atom is 0.306 e. The number of allylic oxidation sites excluding steroid dienone is 8. The Balaban J connectivity index is 4.57. The zero-order chi connectivity index (χ0) is 45.9. The SMILES string of the molecule is CC/C=C/C/C=C/C/C=C/CCCCCCC(CC(=O)NC(CO)C(O)CCCCCCCCCCCCCCCCC)OC(=O)CCCCCCCCC/C=C\CCCCCC. The fourth-order valence-corrected chi connectivity index (χ4v) is 8.26. The van der Waals surface area contributed by atoms with Crippen LogP contribution in [-0.4, -0.2) is 46.9 Å². The lowest BCUT2D eigenvalue weighted by atomic mass is 10.0. The normalized spacial score (nSPS) is 13.5. The van der Waals surface area contributed by atoms with Gasteiger partial charge in [-0.3, -0.25) is 9.59 Å². The van der Waals surface area contributed by atoms with Crippen LogP contribution in [0.15, 0.2) is 48.6 Å². The summed E-state index contributed by atoms with van der Waals surface area (Å²) in [5, 5.41) is 23.8. The molecule has 0 bridgehead atoms. The first kappa shape index (κ1) is 60.8. The lowest BCUT2D eigenvalue weighted by molar-refractivity contribution is -0.151. The molecule has 0 heterocycles. The Kier molecular flexibility index (Phi) is 49.1. The third-order valence-electron chi connectivity index (χ3n) is 12.4. The number of hydrogen-bond acceptors (Lipinski definition) is 5. The number of ether oxygens (including phenoxy) is 1. The van der Waals surface area contributed by atoms with Gasteiger partial charge in [0.1, 0.15) is 6.10 Å². The summed E-state index contributed by atoms with van der Waals surface area (Å²) in [5.74, 6) is -0.493. The summed E-state index contributed by atoms with van der Waals surface area (Å²) in [6.07, 6.45) is 61.7. The van der Waals surface area contributed by atoms with E-state index in [0.717, 1.165) is 89.9 Å². The number of amides is 1. The molecule has 0 aliphatic heterocycles. The van der Waals surface area contributed by atoms with Gasteiger partial charge in [0.05, 0.1) is 25.2 Å². The zero-order valence-electron chi connectivity index (χ0n) is 42.0. The van der Waals surface area contributed by atoms with Gasteiger partial charge in [-0.1, -0.05) is 230 Å². The van der Waals surface area contributed by atoms with Crippen LogP contribution in [0.4, 0.5) is 0 Å². The zero-order valence-corrected chi connectivity index (χ0v) is 42.0. The van der Waals surface area contributed by atoms with Gasteiger partial charge in [-0.15, -0.1) is 0 Å². The van der Waals surface area contributed by atoms with Gasteiger partial charge < -0.3 is 20.3 Å². The quantitative estimate of drug-likeness (QED) is 0.0321. The Morgan fingerprint density at radius 2 is 0.857 bits per heavy atom. The first-order valence-electron chi connectivity index (χ1n) is 27.4. The molecule has 368 valence electrons. The Labute approximate surface area is 391 Å². The Bertz CT molecular complexity index is 1080. The molecule has 3 N–H and O–H groups in total. The Morgan fingerprint density at radius 3 is 1.33 bits per heavy atom. The molecule has 0 spiro atoms. The van der Waals surface area contributed by atoms with Crippen molar-refractivity contribution >= 4 is 11.9 Å². The fourth-order valence-electron chi connectivity index (χ4n) is 8.26. The van der Waals surface area contributed by atoms with Gasteiger partial charge in [0.25, 0.3) is 0 Å². The number of unbranched alkanes of at least 4 members (excludes halogenated alkanes) is 29. The molecule has 3 atom stereocenters. The molecule has 0 aliphatic carbocycles. The Morgan fingerprint density at radius 1 is 0.476 bits per heavy atom. The number of aliphatic hydroxyl groups is 2. The largest absolute Gasteiger partial charge is 0.462 e. The first-order valence-corrected chi connectivity index (χ1v) is 27.4. The van der Waals surface area contributed by atoms with E-state index in [-0.39, 0.29) is 24.9 Å². The van der Waals surface area contributed by atoms with E-state index in [4.69, 9.17) is 4.74 Å². The highest BCUT2D eigenvalue weighted by Crippen LogP contribution is 2.18. The number of nitrogens with one attached hydrogen (secondary N) is 1. The molecule has 0 saturated carbocycles. The minimum atomic E-state index is -0.795. The van der Waals surface area contributed by atoms with Crippen LogP contribution >= 0.6 is 0 Å². The molecular weight excluding hydrogens is 779 g/mol. The van der Waals surface area contributed by atoms with Crippen molar-refractivity contribution in [2.24, 2.45) is 0 Å². The van der Waals surface area contributed by atoms with Gasteiger partial charge in [-0.2, -0.15) is 0 Å². The van der Waals surface area contributed by atoms with Gasteiger partial charge in [-0.05, 0) is 83.5 Å². The van der Waals surface area contributed by atoms with Crippen molar-refractivity contribution in [3.8, 4) is 0 Å². The van der Waals surface area contributed by atoms with E-state index in [1.54, 1.807) is 0 Å². The summed E-state index contributed by atoms with van der Waals surface area (Å²) in [7, 11) is 0. The van der Waals surface area contributed by atoms with Crippen molar-refractivity contribution in [1.29, 1.82) is 0 Å². The smallest absolute Gasteiger partial charge is 0.306 e. The van der Waals surface area contributed by atoms with Crippen LogP contribution in [0.3, 0.4) is 0 Å².